The van der Waals surface area contributed by atoms with Gasteiger partial charge in [-0.25, -0.2) is 0 Å². The van der Waals surface area contributed by atoms with E-state index in [1.807, 2.05) is 7.05 Å². The Balaban J connectivity index is 1.48. The molecule has 3 rings (SSSR count). The molecule has 0 saturated carbocycles. The Bertz CT molecular complexity index is 596. The van der Waals surface area contributed by atoms with Crippen molar-refractivity contribution in [3.05, 3.63) is 35.9 Å². The van der Waals surface area contributed by atoms with Crippen LogP contribution in [0.3, 0.4) is 0 Å². The maximum atomic E-state index is 6.13. The van der Waals surface area contributed by atoms with E-state index < -0.39 is 0 Å². The van der Waals surface area contributed by atoms with Crippen molar-refractivity contribution in [1.29, 1.82) is 0 Å². The third-order valence-electron chi connectivity index (χ3n) is 5.68. The lowest BCUT2D eigenvalue weighted by Crippen LogP contribution is -2.43. The molecule has 2 aliphatic rings. The minimum atomic E-state index is 0.168. The zero-order chi connectivity index (χ0) is 19.6. The van der Waals surface area contributed by atoms with Gasteiger partial charge in [0.15, 0.2) is 5.96 Å². The van der Waals surface area contributed by atoms with Gasteiger partial charge < -0.3 is 24.4 Å². The van der Waals surface area contributed by atoms with Crippen molar-refractivity contribution in [3.63, 3.8) is 0 Å². The summed E-state index contributed by atoms with van der Waals surface area (Å²) in [4.78, 5) is 6.88. The average molecular weight is 390 g/mol. The molecule has 1 aromatic carbocycles. The van der Waals surface area contributed by atoms with Crippen LogP contribution < -0.4 is 5.32 Å². The molecular formula is C22H35N3O3. The van der Waals surface area contributed by atoms with Crippen molar-refractivity contribution in [2.24, 2.45) is 16.8 Å². The zero-order valence-corrected chi connectivity index (χ0v) is 17.3. The van der Waals surface area contributed by atoms with Crippen molar-refractivity contribution in [2.75, 3.05) is 60.2 Å². The van der Waals surface area contributed by atoms with E-state index in [-0.39, 0.29) is 6.10 Å². The van der Waals surface area contributed by atoms with Crippen LogP contribution in [-0.2, 0) is 14.2 Å². The van der Waals surface area contributed by atoms with Crippen molar-refractivity contribution in [1.82, 2.24) is 10.2 Å². The fourth-order valence-electron chi connectivity index (χ4n) is 4.17. The van der Waals surface area contributed by atoms with Gasteiger partial charge in [0.05, 0.1) is 25.9 Å². The lowest BCUT2D eigenvalue weighted by atomic mass is 9.89. The van der Waals surface area contributed by atoms with Gasteiger partial charge in [-0.15, -0.1) is 0 Å². The molecule has 2 heterocycles. The number of benzene rings is 1. The van der Waals surface area contributed by atoms with Gasteiger partial charge in [-0.3, -0.25) is 4.99 Å². The first-order valence-corrected chi connectivity index (χ1v) is 10.5. The number of hydrogen-bond acceptors (Lipinski definition) is 4. The van der Waals surface area contributed by atoms with Crippen molar-refractivity contribution in [3.8, 4) is 0 Å². The first kappa shape index (κ1) is 21.1. The highest BCUT2D eigenvalue weighted by Crippen LogP contribution is 2.33. The van der Waals surface area contributed by atoms with Crippen LogP contribution in [0.4, 0.5) is 0 Å². The number of methoxy groups -OCH3 is 1. The molecule has 0 amide bonds. The van der Waals surface area contributed by atoms with Crippen molar-refractivity contribution >= 4 is 5.96 Å². The van der Waals surface area contributed by atoms with E-state index >= 15 is 0 Å². The number of nitrogens with zero attached hydrogens (tertiary/aromatic N) is 2. The maximum Gasteiger partial charge on any atom is 0.193 e. The van der Waals surface area contributed by atoms with Crippen LogP contribution >= 0.6 is 0 Å². The van der Waals surface area contributed by atoms with Gasteiger partial charge >= 0.3 is 0 Å². The summed E-state index contributed by atoms with van der Waals surface area (Å²) < 4.78 is 16.9. The molecule has 6 nitrogen and oxygen atoms in total. The third kappa shape index (κ3) is 5.93. The second-order valence-electron chi connectivity index (χ2n) is 7.70. The molecule has 1 N–H and O–H groups in total. The fourth-order valence-corrected chi connectivity index (χ4v) is 4.17. The van der Waals surface area contributed by atoms with Crippen molar-refractivity contribution in [2.45, 2.75) is 25.4 Å². The summed E-state index contributed by atoms with van der Waals surface area (Å²) in [6.45, 7) is 5.88. The minimum absolute atomic E-state index is 0.168. The largest absolute Gasteiger partial charge is 0.382 e. The third-order valence-corrected chi connectivity index (χ3v) is 5.68. The monoisotopic (exact) mass is 389 g/mol. The molecule has 6 heteroatoms. The molecule has 2 aliphatic heterocycles. The second-order valence-corrected chi connectivity index (χ2v) is 7.70. The number of guanidine groups is 1. The summed E-state index contributed by atoms with van der Waals surface area (Å²) in [7, 11) is 3.58. The topological polar surface area (TPSA) is 55.3 Å². The summed E-state index contributed by atoms with van der Waals surface area (Å²) in [6, 6.07) is 10.6. The normalized spacial score (nSPS) is 25.9. The van der Waals surface area contributed by atoms with Gasteiger partial charge in [0.25, 0.3) is 0 Å². The van der Waals surface area contributed by atoms with Gasteiger partial charge in [-0.2, -0.15) is 0 Å². The zero-order valence-electron chi connectivity index (χ0n) is 17.3. The molecule has 28 heavy (non-hydrogen) atoms. The Kier molecular flexibility index (Phi) is 8.58. The van der Waals surface area contributed by atoms with E-state index in [0.29, 0.717) is 25.0 Å². The molecular weight excluding hydrogens is 354 g/mol. The lowest BCUT2D eigenvalue weighted by molar-refractivity contribution is -0.0266. The lowest BCUT2D eigenvalue weighted by Gasteiger charge is -2.33. The number of nitrogens with one attached hydrogen (secondary N) is 1. The number of hydrogen-bond donors (Lipinski definition) is 1. The number of ether oxygens (including phenoxy) is 3. The summed E-state index contributed by atoms with van der Waals surface area (Å²) in [5, 5.41) is 3.61. The van der Waals surface area contributed by atoms with E-state index in [2.05, 4.69) is 45.5 Å². The van der Waals surface area contributed by atoms with Crippen LogP contribution in [0, 0.1) is 11.8 Å². The SMILES string of the molecule is CN=C(NCC1CCCOC1c1ccccc1)N1CCC(COCCOC)C1. The predicted molar refractivity (Wildman–Crippen MR) is 112 cm³/mol. The Morgan fingerprint density at radius 3 is 2.89 bits per heavy atom. The molecule has 1 aromatic rings. The number of rotatable bonds is 8. The van der Waals surface area contributed by atoms with E-state index in [9.17, 15) is 0 Å². The van der Waals surface area contributed by atoms with Gasteiger partial charge in [0.1, 0.15) is 0 Å². The summed E-state index contributed by atoms with van der Waals surface area (Å²) in [5.41, 5.74) is 1.28. The van der Waals surface area contributed by atoms with Crippen LogP contribution in [0.1, 0.15) is 30.9 Å². The second kappa shape index (κ2) is 11.4. The molecule has 2 fully saturated rings. The van der Waals surface area contributed by atoms with Crippen LogP contribution in [0.5, 0.6) is 0 Å². The first-order chi connectivity index (χ1) is 13.8. The minimum Gasteiger partial charge on any atom is -0.382 e. The average Bonchev–Trinajstić information content (AvgIpc) is 3.21. The molecule has 3 unspecified atom stereocenters. The Morgan fingerprint density at radius 2 is 2.11 bits per heavy atom. The van der Waals surface area contributed by atoms with Crippen LogP contribution in [0.25, 0.3) is 0 Å². The quantitative estimate of drug-likeness (QED) is 0.421. The Labute approximate surface area is 169 Å². The van der Waals surface area contributed by atoms with Crippen LogP contribution in [-0.4, -0.2) is 71.1 Å². The van der Waals surface area contributed by atoms with Gasteiger partial charge in [-0.1, -0.05) is 30.3 Å². The maximum absolute atomic E-state index is 6.13. The molecule has 2 saturated heterocycles. The smallest absolute Gasteiger partial charge is 0.193 e. The molecule has 0 spiro atoms. The van der Waals surface area contributed by atoms with E-state index in [4.69, 9.17) is 14.2 Å². The van der Waals surface area contributed by atoms with Crippen molar-refractivity contribution < 1.29 is 14.2 Å². The fraction of sp³-hybridized carbons (Fsp3) is 0.682. The van der Waals surface area contributed by atoms with Crippen LogP contribution in [0.15, 0.2) is 35.3 Å². The van der Waals surface area contributed by atoms with E-state index in [1.54, 1.807) is 7.11 Å². The highest BCUT2D eigenvalue weighted by atomic mass is 16.5. The van der Waals surface area contributed by atoms with Gasteiger partial charge in [0, 0.05) is 52.2 Å². The molecule has 0 aromatic heterocycles. The molecule has 0 aliphatic carbocycles. The van der Waals surface area contributed by atoms with Gasteiger partial charge in [-0.05, 0) is 24.8 Å². The standard InChI is InChI=1S/C22H35N3O3/c1-23-22(25-11-10-18(16-25)17-27-14-13-26-2)24-15-20-9-6-12-28-21(20)19-7-4-3-5-8-19/h3-5,7-8,18,20-21H,6,9-17H2,1-2H3,(H,23,24). The van der Waals surface area contributed by atoms with E-state index in [0.717, 1.165) is 51.6 Å². The predicted octanol–water partition coefficient (Wildman–Crippen LogP) is 2.71. The first-order valence-electron chi connectivity index (χ1n) is 10.5. The highest BCUT2D eigenvalue weighted by molar-refractivity contribution is 5.80. The Hall–Kier alpha value is -1.63. The number of likely N-dealkylation sites (tertiary alicyclic amines) is 1. The summed E-state index contributed by atoms with van der Waals surface area (Å²) in [6.07, 6.45) is 3.62. The molecule has 0 bridgehead atoms. The highest BCUT2D eigenvalue weighted by Gasteiger charge is 2.29. The number of aliphatic imine (C=N–C) groups is 1. The molecule has 156 valence electrons. The molecule has 0 radical (unpaired) electrons. The van der Waals surface area contributed by atoms with Gasteiger partial charge in [0.2, 0.25) is 0 Å². The summed E-state index contributed by atoms with van der Waals surface area (Å²) >= 11 is 0. The van der Waals surface area contributed by atoms with E-state index in [1.165, 1.54) is 12.0 Å². The molecule has 3 atom stereocenters. The van der Waals surface area contributed by atoms with Crippen LogP contribution in [0.2, 0.25) is 0 Å². The Morgan fingerprint density at radius 1 is 1.25 bits per heavy atom. The summed E-state index contributed by atoms with van der Waals surface area (Å²) in [5.74, 6) is 2.02.